The van der Waals surface area contributed by atoms with Gasteiger partial charge in [0.25, 0.3) is 0 Å². The third kappa shape index (κ3) is 4.25. The predicted octanol–water partition coefficient (Wildman–Crippen LogP) is 4.68. The number of thiazole rings is 1. The molecule has 1 amide bonds. The molecule has 0 N–H and O–H groups in total. The number of hydrogen-bond donors (Lipinski definition) is 0. The molecule has 0 radical (unpaired) electrons. The van der Waals surface area contributed by atoms with Gasteiger partial charge in [0, 0.05) is 5.69 Å². The fraction of sp³-hybridized carbons (Fsp3) is 0.357. The first-order chi connectivity index (χ1) is 9.76. The minimum Gasteiger partial charge on any atom is -0.443 e. The van der Waals surface area contributed by atoms with Gasteiger partial charge >= 0.3 is 6.09 Å². The SMILES string of the molecule is Cc1cccc(N(C(=O)OC(C)(C)C)c2ncc(Br)s2)n1. The van der Waals surface area contributed by atoms with Crippen LogP contribution in [-0.2, 0) is 4.74 Å². The Hall–Kier alpha value is -1.47. The summed E-state index contributed by atoms with van der Waals surface area (Å²) in [6.45, 7) is 7.34. The van der Waals surface area contributed by atoms with Crippen molar-refractivity contribution in [1.82, 2.24) is 9.97 Å². The van der Waals surface area contributed by atoms with Crippen LogP contribution in [0.1, 0.15) is 26.5 Å². The van der Waals surface area contributed by atoms with Gasteiger partial charge in [0.05, 0.1) is 9.98 Å². The smallest absolute Gasteiger partial charge is 0.422 e. The normalized spacial score (nSPS) is 11.3. The molecule has 21 heavy (non-hydrogen) atoms. The summed E-state index contributed by atoms with van der Waals surface area (Å²) in [5.41, 5.74) is 0.227. The van der Waals surface area contributed by atoms with Gasteiger partial charge in [-0.25, -0.2) is 19.7 Å². The Morgan fingerprint density at radius 2 is 2.10 bits per heavy atom. The molecule has 0 atom stereocenters. The number of carbonyl (C=O) groups is 1. The minimum atomic E-state index is -0.590. The maximum absolute atomic E-state index is 12.5. The summed E-state index contributed by atoms with van der Waals surface area (Å²) in [5.74, 6) is 0.492. The van der Waals surface area contributed by atoms with Crippen LogP contribution in [-0.4, -0.2) is 21.7 Å². The van der Waals surface area contributed by atoms with Crippen molar-refractivity contribution in [2.24, 2.45) is 0 Å². The molecule has 2 aromatic heterocycles. The molecule has 0 aliphatic carbocycles. The van der Waals surface area contributed by atoms with E-state index in [4.69, 9.17) is 4.74 Å². The van der Waals surface area contributed by atoms with Crippen LogP contribution in [0.5, 0.6) is 0 Å². The van der Waals surface area contributed by atoms with Gasteiger partial charge in [0.15, 0.2) is 0 Å². The molecule has 0 saturated carbocycles. The van der Waals surface area contributed by atoms with E-state index in [9.17, 15) is 4.79 Å². The number of nitrogens with zero attached hydrogens (tertiary/aromatic N) is 3. The van der Waals surface area contributed by atoms with Crippen molar-refractivity contribution < 1.29 is 9.53 Å². The number of amides is 1. The Morgan fingerprint density at radius 3 is 2.62 bits per heavy atom. The fourth-order valence-corrected chi connectivity index (χ4v) is 2.76. The zero-order valence-corrected chi connectivity index (χ0v) is 14.7. The van der Waals surface area contributed by atoms with Crippen molar-refractivity contribution in [3.8, 4) is 0 Å². The van der Waals surface area contributed by atoms with E-state index >= 15 is 0 Å². The highest BCUT2D eigenvalue weighted by Crippen LogP contribution is 2.32. The van der Waals surface area contributed by atoms with Crippen molar-refractivity contribution in [3.05, 3.63) is 33.9 Å². The number of aromatic nitrogens is 2. The first-order valence-corrected chi connectivity index (χ1v) is 7.95. The highest BCUT2D eigenvalue weighted by atomic mass is 79.9. The standard InChI is InChI=1S/C14H16BrN3O2S/c1-9-6-5-7-11(17-9)18(12-16-8-10(15)21-12)13(19)20-14(2,3)4/h5-8H,1-4H3. The summed E-state index contributed by atoms with van der Waals surface area (Å²) in [7, 11) is 0. The molecular formula is C14H16BrN3O2S. The van der Waals surface area contributed by atoms with E-state index < -0.39 is 11.7 Å². The number of rotatable bonds is 2. The minimum absolute atomic E-state index is 0.492. The van der Waals surface area contributed by atoms with Crippen LogP contribution >= 0.6 is 27.3 Å². The molecule has 0 aliphatic rings. The summed E-state index contributed by atoms with van der Waals surface area (Å²) < 4.78 is 6.29. The van der Waals surface area contributed by atoms with Gasteiger partial charge in [0.2, 0.25) is 5.13 Å². The van der Waals surface area contributed by atoms with E-state index in [1.807, 2.05) is 39.8 Å². The van der Waals surface area contributed by atoms with Gasteiger partial charge in [-0.2, -0.15) is 0 Å². The van der Waals surface area contributed by atoms with Crippen LogP contribution in [0.3, 0.4) is 0 Å². The zero-order valence-electron chi connectivity index (χ0n) is 12.3. The largest absolute Gasteiger partial charge is 0.443 e. The molecule has 112 valence electrons. The fourth-order valence-electron chi connectivity index (χ4n) is 1.58. The van der Waals surface area contributed by atoms with Gasteiger partial charge < -0.3 is 4.74 Å². The third-order valence-electron chi connectivity index (χ3n) is 2.34. The van der Waals surface area contributed by atoms with Crippen LogP contribution in [0, 0.1) is 6.92 Å². The molecule has 0 unspecified atom stereocenters. The van der Waals surface area contributed by atoms with Crippen LogP contribution in [0.4, 0.5) is 15.7 Å². The number of halogens is 1. The second kappa shape index (κ2) is 6.11. The molecule has 0 aliphatic heterocycles. The Labute approximate surface area is 136 Å². The molecule has 0 fully saturated rings. The molecule has 0 saturated heterocycles. The van der Waals surface area contributed by atoms with E-state index in [-0.39, 0.29) is 0 Å². The van der Waals surface area contributed by atoms with Crippen molar-refractivity contribution in [2.75, 3.05) is 4.90 Å². The van der Waals surface area contributed by atoms with E-state index in [2.05, 4.69) is 25.9 Å². The summed E-state index contributed by atoms with van der Waals surface area (Å²) >= 11 is 4.70. The van der Waals surface area contributed by atoms with Gasteiger partial charge in [-0.3, -0.25) is 0 Å². The molecule has 0 spiro atoms. The number of carbonyl (C=O) groups excluding carboxylic acids is 1. The summed E-state index contributed by atoms with van der Waals surface area (Å²) in [6, 6.07) is 5.47. The quantitative estimate of drug-likeness (QED) is 0.770. The molecule has 2 aromatic rings. The van der Waals surface area contributed by atoms with E-state index in [1.54, 1.807) is 12.3 Å². The van der Waals surface area contributed by atoms with E-state index in [1.165, 1.54) is 16.2 Å². The Balaban J connectivity index is 2.42. The van der Waals surface area contributed by atoms with Crippen molar-refractivity contribution in [1.29, 1.82) is 0 Å². The maximum Gasteiger partial charge on any atom is 0.422 e. The molecule has 2 rings (SSSR count). The Morgan fingerprint density at radius 1 is 1.38 bits per heavy atom. The number of hydrogen-bond acceptors (Lipinski definition) is 5. The van der Waals surface area contributed by atoms with Crippen molar-refractivity contribution >= 4 is 44.3 Å². The molecule has 0 bridgehead atoms. The third-order valence-corrected chi connectivity index (χ3v) is 3.80. The molecule has 0 aromatic carbocycles. The van der Waals surface area contributed by atoms with Crippen molar-refractivity contribution in [3.63, 3.8) is 0 Å². The highest BCUT2D eigenvalue weighted by molar-refractivity contribution is 9.11. The first-order valence-electron chi connectivity index (χ1n) is 6.34. The average Bonchev–Trinajstić information content (AvgIpc) is 2.73. The van der Waals surface area contributed by atoms with Crippen molar-refractivity contribution in [2.45, 2.75) is 33.3 Å². The summed E-state index contributed by atoms with van der Waals surface area (Å²) in [5, 5.41) is 0.509. The van der Waals surface area contributed by atoms with Crippen LogP contribution in [0.15, 0.2) is 28.2 Å². The average molecular weight is 370 g/mol. The van der Waals surface area contributed by atoms with Crippen LogP contribution in [0.2, 0.25) is 0 Å². The molecule has 7 heteroatoms. The number of aryl methyl sites for hydroxylation is 1. The molecule has 5 nitrogen and oxygen atoms in total. The molecule has 2 heterocycles. The second-order valence-electron chi connectivity index (χ2n) is 5.40. The Bertz CT molecular complexity index is 652. The topological polar surface area (TPSA) is 55.3 Å². The maximum atomic E-state index is 12.5. The lowest BCUT2D eigenvalue weighted by atomic mass is 10.2. The van der Waals surface area contributed by atoms with Gasteiger partial charge in [-0.1, -0.05) is 17.4 Å². The monoisotopic (exact) mass is 369 g/mol. The number of ether oxygens (including phenoxy) is 1. The summed E-state index contributed by atoms with van der Waals surface area (Å²) in [4.78, 5) is 22.5. The Kier molecular flexibility index (Phi) is 4.63. The van der Waals surface area contributed by atoms with Gasteiger partial charge in [-0.05, 0) is 55.8 Å². The molecular weight excluding hydrogens is 354 g/mol. The van der Waals surface area contributed by atoms with Crippen LogP contribution < -0.4 is 4.90 Å². The zero-order chi connectivity index (χ0) is 15.6. The lowest BCUT2D eigenvalue weighted by Gasteiger charge is -2.25. The van der Waals surface area contributed by atoms with Crippen LogP contribution in [0.25, 0.3) is 0 Å². The van der Waals surface area contributed by atoms with E-state index in [0.717, 1.165) is 9.48 Å². The lowest BCUT2D eigenvalue weighted by Crippen LogP contribution is -2.34. The highest BCUT2D eigenvalue weighted by Gasteiger charge is 2.27. The number of anilines is 2. The first kappa shape index (κ1) is 15.9. The second-order valence-corrected chi connectivity index (χ2v) is 7.79. The van der Waals surface area contributed by atoms with Gasteiger partial charge in [0.1, 0.15) is 11.4 Å². The van der Waals surface area contributed by atoms with E-state index in [0.29, 0.717) is 10.9 Å². The lowest BCUT2D eigenvalue weighted by molar-refractivity contribution is 0.0598. The van der Waals surface area contributed by atoms with Gasteiger partial charge in [-0.15, -0.1) is 0 Å². The summed E-state index contributed by atoms with van der Waals surface area (Å²) in [6.07, 6.45) is 1.15. The predicted molar refractivity (Wildman–Crippen MR) is 87.2 cm³/mol. The number of pyridine rings is 1.